The lowest BCUT2D eigenvalue weighted by Gasteiger charge is -1.93. The number of allylic oxidation sites excluding steroid dienone is 1. The summed E-state index contributed by atoms with van der Waals surface area (Å²) < 4.78 is 0. The predicted octanol–water partition coefficient (Wildman–Crippen LogP) is 0.691. The van der Waals surface area contributed by atoms with Gasteiger partial charge in [0.1, 0.15) is 13.6 Å². The molecule has 43 valence electrons. The topological polar surface area (TPSA) is 23.3 Å². The van der Waals surface area contributed by atoms with Crippen LogP contribution >= 0.6 is 0 Å². The number of rotatable bonds is 0. The van der Waals surface area contributed by atoms with Gasteiger partial charge in [-0.3, -0.25) is 0 Å². The summed E-state index contributed by atoms with van der Waals surface area (Å²) in [6.07, 6.45) is 1.83. The number of nitrogens with zero attached hydrogens (tertiary/aromatic N) is 2. The van der Waals surface area contributed by atoms with E-state index >= 15 is 0 Å². The van der Waals surface area contributed by atoms with Gasteiger partial charge >= 0.3 is 0 Å². The highest BCUT2D eigenvalue weighted by Crippen LogP contribution is 2.06. The first kappa shape index (κ1) is 5.28. The van der Waals surface area contributed by atoms with E-state index in [0.29, 0.717) is 6.54 Å². The Morgan fingerprint density at radius 1 is 2.00 bits per heavy atom. The average Bonchev–Trinajstić information content (AvgIpc) is 1.98. The summed E-state index contributed by atoms with van der Waals surface area (Å²) in [7, 11) is 3.46. The second kappa shape index (κ2) is 1.58. The number of hydrazine groups is 1. The van der Waals surface area contributed by atoms with Crippen LogP contribution in [0.3, 0.4) is 0 Å². The highest BCUT2D eigenvalue weighted by molar-refractivity contribution is 4.91. The minimum absolute atomic E-state index is 0.634. The third-order valence-electron chi connectivity index (χ3n) is 1.16. The Labute approximate surface area is 48.1 Å². The molecule has 0 saturated heterocycles. The van der Waals surface area contributed by atoms with E-state index in [2.05, 4.69) is 7.05 Å². The maximum absolute atomic E-state index is 10.6. The molecule has 1 radical (unpaired) electrons. The van der Waals surface area contributed by atoms with Crippen LogP contribution in [0, 0.1) is 12.0 Å². The van der Waals surface area contributed by atoms with E-state index in [0.717, 1.165) is 10.6 Å². The molecule has 1 aliphatic heterocycles. The number of nitroso groups, excluding NO2 is 1. The summed E-state index contributed by atoms with van der Waals surface area (Å²) in [5, 5.41) is 1.36. The van der Waals surface area contributed by atoms with Gasteiger partial charge in [-0.1, -0.05) is 0 Å². The zero-order valence-electron chi connectivity index (χ0n) is 4.79. The average molecular weight is 112 g/mol. The van der Waals surface area contributed by atoms with E-state index in [1.165, 1.54) is 5.01 Å². The fourth-order valence-electron chi connectivity index (χ4n) is 0.613. The van der Waals surface area contributed by atoms with Gasteiger partial charge in [0, 0.05) is 13.0 Å². The van der Waals surface area contributed by atoms with Crippen molar-refractivity contribution in [2.45, 2.75) is 6.92 Å². The van der Waals surface area contributed by atoms with Gasteiger partial charge in [-0.25, -0.2) is 0 Å². The van der Waals surface area contributed by atoms with Crippen LogP contribution in [-0.4, -0.2) is 16.4 Å². The lowest BCUT2D eigenvalue weighted by atomic mass is 10.5. The van der Waals surface area contributed by atoms with Crippen molar-refractivity contribution in [1.29, 1.82) is 0 Å². The first-order chi connectivity index (χ1) is 3.72. The molecule has 0 spiro atoms. The highest BCUT2D eigenvalue weighted by atomic mass is 16.3. The van der Waals surface area contributed by atoms with Gasteiger partial charge in [0.25, 0.3) is 5.70 Å². The Hall–Kier alpha value is -0.860. The second-order valence-corrected chi connectivity index (χ2v) is 1.81. The van der Waals surface area contributed by atoms with E-state index in [9.17, 15) is 4.91 Å². The smallest absolute Gasteiger partial charge is 0.129 e. The van der Waals surface area contributed by atoms with Crippen molar-refractivity contribution >= 4 is 0 Å². The van der Waals surface area contributed by atoms with Gasteiger partial charge in [0.2, 0.25) is 0 Å². The van der Waals surface area contributed by atoms with E-state index in [1.54, 1.807) is 6.92 Å². The monoisotopic (exact) mass is 112 g/mol. The second-order valence-electron chi connectivity index (χ2n) is 1.81. The summed E-state index contributed by atoms with van der Waals surface area (Å²) >= 11 is 0. The van der Waals surface area contributed by atoms with Crippen molar-refractivity contribution in [2.75, 3.05) is 6.54 Å². The normalized spacial score (nSPS) is 19.5. The first-order valence-corrected chi connectivity index (χ1v) is 2.44. The molecule has 0 saturated carbocycles. The van der Waals surface area contributed by atoms with Gasteiger partial charge in [0.05, 0.1) is 4.91 Å². The molecule has 0 unspecified atom stereocenters. The minimum atomic E-state index is 0.634. The molecular formula is C5H8N2O+. The SMILES string of the molecule is [CH2]N1CC=C(C)[N+]1=O. The molecule has 0 aliphatic carbocycles. The molecule has 0 amide bonds. The van der Waals surface area contributed by atoms with Gasteiger partial charge in [-0.15, -0.1) is 5.01 Å². The molecular weight excluding hydrogens is 104 g/mol. The zero-order chi connectivity index (χ0) is 6.15. The Balaban J connectivity index is 2.73. The van der Waals surface area contributed by atoms with Gasteiger partial charge < -0.3 is 0 Å². The fraction of sp³-hybridized carbons (Fsp3) is 0.400. The molecule has 0 N–H and O–H groups in total. The van der Waals surface area contributed by atoms with E-state index in [1.807, 2.05) is 6.08 Å². The number of hydrogen-bond acceptors (Lipinski definition) is 1. The molecule has 3 nitrogen and oxygen atoms in total. The van der Waals surface area contributed by atoms with Crippen molar-refractivity contribution < 1.29 is 4.87 Å². The lowest BCUT2D eigenvalue weighted by molar-refractivity contribution is -0.642. The molecule has 8 heavy (non-hydrogen) atoms. The fourth-order valence-corrected chi connectivity index (χ4v) is 0.613. The predicted molar refractivity (Wildman–Crippen MR) is 29.4 cm³/mol. The van der Waals surface area contributed by atoms with Crippen molar-refractivity contribution in [2.24, 2.45) is 0 Å². The largest absolute Gasteiger partial charge is 0.263 e. The maximum atomic E-state index is 10.6. The van der Waals surface area contributed by atoms with Crippen molar-refractivity contribution in [1.82, 2.24) is 5.01 Å². The van der Waals surface area contributed by atoms with Crippen LogP contribution in [0.25, 0.3) is 0 Å². The maximum Gasteiger partial charge on any atom is 0.263 e. The Morgan fingerprint density at radius 2 is 2.62 bits per heavy atom. The van der Waals surface area contributed by atoms with Crippen LogP contribution < -0.4 is 0 Å². The highest BCUT2D eigenvalue weighted by Gasteiger charge is 2.24. The van der Waals surface area contributed by atoms with Crippen LogP contribution in [0.15, 0.2) is 11.8 Å². The van der Waals surface area contributed by atoms with Crippen molar-refractivity contribution in [3.63, 3.8) is 0 Å². The van der Waals surface area contributed by atoms with Gasteiger partial charge in [0.15, 0.2) is 4.87 Å². The lowest BCUT2D eigenvalue weighted by Crippen LogP contribution is -2.19. The molecule has 3 heteroatoms. The molecule has 0 aromatic rings. The Bertz CT molecular complexity index is 151. The molecule has 1 aliphatic rings. The van der Waals surface area contributed by atoms with Crippen LogP contribution in [0.4, 0.5) is 0 Å². The number of hydrogen-bond donors (Lipinski definition) is 0. The summed E-state index contributed by atoms with van der Waals surface area (Å²) in [5.74, 6) is 0. The standard InChI is InChI=1S/C5H8N2O/c1-5-3-4-6(2)7(5)8/h3H,2,4H2,1H3/q+1. The molecule has 0 atom stereocenters. The van der Waals surface area contributed by atoms with E-state index < -0.39 is 0 Å². The van der Waals surface area contributed by atoms with E-state index in [-0.39, 0.29) is 0 Å². The quantitative estimate of drug-likeness (QED) is 0.430. The van der Waals surface area contributed by atoms with Gasteiger partial charge in [-0.05, 0) is 0 Å². The first-order valence-electron chi connectivity index (χ1n) is 2.44. The third kappa shape index (κ3) is 0.598. The Kier molecular flexibility index (Phi) is 1.04. The zero-order valence-corrected chi connectivity index (χ0v) is 4.79. The van der Waals surface area contributed by atoms with Crippen molar-refractivity contribution in [3.8, 4) is 0 Å². The molecule has 1 heterocycles. The molecule has 0 fully saturated rings. The summed E-state index contributed by atoms with van der Waals surface area (Å²) in [6.45, 7) is 2.40. The summed E-state index contributed by atoms with van der Waals surface area (Å²) in [6, 6.07) is 0. The molecule has 0 aromatic carbocycles. The van der Waals surface area contributed by atoms with Crippen LogP contribution in [0.1, 0.15) is 6.92 Å². The minimum Gasteiger partial charge on any atom is -0.129 e. The van der Waals surface area contributed by atoms with Crippen molar-refractivity contribution in [3.05, 3.63) is 23.7 Å². The molecule has 0 aromatic heterocycles. The van der Waals surface area contributed by atoms with Crippen LogP contribution in [0.2, 0.25) is 0 Å². The third-order valence-corrected chi connectivity index (χ3v) is 1.16. The van der Waals surface area contributed by atoms with Crippen LogP contribution in [-0.2, 0) is 0 Å². The summed E-state index contributed by atoms with van der Waals surface area (Å²) in [5.41, 5.74) is 0.722. The summed E-state index contributed by atoms with van der Waals surface area (Å²) in [4.78, 5) is 11.4. The Morgan fingerprint density at radius 3 is 2.75 bits per heavy atom. The van der Waals surface area contributed by atoms with Crippen LogP contribution in [0.5, 0.6) is 0 Å². The van der Waals surface area contributed by atoms with E-state index in [4.69, 9.17) is 0 Å². The van der Waals surface area contributed by atoms with Gasteiger partial charge in [-0.2, -0.15) is 0 Å². The molecule has 0 bridgehead atoms. The molecule has 1 rings (SSSR count).